The molecule has 2 heterocycles. The zero-order chi connectivity index (χ0) is 12.8. The first kappa shape index (κ1) is 14.0. The maximum absolute atomic E-state index is 11.7. The highest BCUT2D eigenvalue weighted by molar-refractivity contribution is 9.11. The van der Waals surface area contributed by atoms with Crippen LogP contribution in [0.3, 0.4) is 0 Å². The van der Waals surface area contributed by atoms with Gasteiger partial charge in [-0.2, -0.15) is 0 Å². The molecule has 1 amide bonds. The lowest BCUT2D eigenvalue weighted by Crippen LogP contribution is -2.29. The highest BCUT2D eigenvalue weighted by Crippen LogP contribution is 2.22. The molecule has 1 fully saturated rings. The summed E-state index contributed by atoms with van der Waals surface area (Å²) in [4.78, 5) is 12.9. The van der Waals surface area contributed by atoms with Crippen molar-refractivity contribution >= 4 is 33.2 Å². The molecule has 1 aliphatic heterocycles. The molecule has 0 saturated carbocycles. The quantitative estimate of drug-likeness (QED) is 0.871. The molecule has 0 unspecified atom stereocenters. The van der Waals surface area contributed by atoms with E-state index in [0.29, 0.717) is 13.0 Å². The van der Waals surface area contributed by atoms with Gasteiger partial charge in [0.15, 0.2) is 0 Å². The van der Waals surface area contributed by atoms with Crippen molar-refractivity contribution in [2.24, 2.45) is 5.92 Å². The van der Waals surface area contributed by atoms with Crippen molar-refractivity contribution < 1.29 is 4.79 Å². The van der Waals surface area contributed by atoms with E-state index in [1.54, 1.807) is 11.3 Å². The van der Waals surface area contributed by atoms with Crippen LogP contribution in [0.1, 0.15) is 30.6 Å². The molecule has 1 aromatic rings. The Kier molecular flexibility index (Phi) is 5.66. The molecule has 0 radical (unpaired) electrons. The third-order valence-electron chi connectivity index (χ3n) is 3.33. The zero-order valence-corrected chi connectivity index (χ0v) is 12.8. The van der Waals surface area contributed by atoms with E-state index >= 15 is 0 Å². The molecule has 100 valence electrons. The van der Waals surface area contributed by atoms with Gasteiger partial charge in [-0.1, -0.05) is 0 Å². The molecule has 3 nitrogen and oxygen atoms in total. The van der Waals surface area contributed by atoms with Crippen LogP contribution in [0.5, 0.6) is 0 Å². The summed E-state index contributed by atoms with van der Waals surface area (Å²) in [6.07, 6.45) is 4.12. The van der Waals surface area contributed by atoms with Crippen molar-refractivity contribution in [3.05, 3.63) is 20.8 Å². The third kappa shape index (κ3) is 4.71. The predicted octanol–water partition coefficient (Wildman–Crippen LogP) is 2.91. The van der Waals surface area contributed by atoms with Crippen molar-refractivity contribution in [2.75, 3.05) is 13.1 Å². The maximum Gasteiger partial charge on any atom is 0.220 e. The number of carbonyl (C=O) groups excluding carboxylic acids is 1. The second-order valence-electron chi connectivity index (χ2n) is 4.71. The van der Waals surface area contributed by atoms with Crippen molar-refractivity contribution in [1.82, 2.24) is 10.6 Å². The normalized spacial score (nSPS) is 16.7. The molecule has 18 heavy (non-hydrogen) atoms. The fraction of sp³-hybridized carbons (Fsp3) is 0.615. The topological polar surface area (TPSA) is 41.1 Å². The summed E-state index contributed by atoms with van der Waals surface area (Å²) >= 11 is 5.09. The summed E-state index contributed by atoms with van der Waals surface area (Å²) in [6, 6.07) is 4.06. The minimum absolute atomic E-state index is 0.179. The predicted molar refractivity (Wildman–Crippen MR) is 78.7 cm³/mol. The monoisotopic (exact) mass is 330 g/mol. The van der Waals surface area contributed by atoms with Crippen LogP contribution < -0.4 is 10.6 Å². The second kappa shape index (κ2) is 7.26. The Hall–Kier alpha value is -0.390. The average molecular weight is 331 g/mol. The Morgan fingerprint density at radius 1 is 1.44 bits per heavy atom. The summed E-state index contributed by atoms with van der Waals surface area (Å²) in [7, 11) is 0. The number of thiophene rings is 1. The lowest BCUT2D eigenvalue weighted by molar-refractivity contribution is -0.121. The Balaban J connectivity index is 1.62. The van der Waals surface area contributed by atoms with Gasteiger partial charge in [-0.15, -0.1) is 11.3 Å². The van der Waals surface area contributed by atoms with E-state index in [2.05, 4.69) is 26.6 Å². The van der Waals surface area contributed by atoms with Crippen LogP contribution in [0, 0.1) is 5.92 Å². The van der Waals surface area contributed by atoms with Crippen LogP contribution >= 0.6 is 27.3 Å². The number of hydrogen-bond acceptors (Lipinski definition) is 3. The van der Waals surface area contributed by atoms with Crippen molar-refractivity contribution in [3.63, 3.8) is 0 Å². The first-order chi connectivity index (χ1) is 8.74. The maximum atomic E-state index is 11.7. The van der Waals surface area contributed by atoms with Crippen molar-refractivity contribution in [1.29, 1.82) is 0 Å². The van der Waals surface area contributed by atoms with Gasteiger partial charge in [0.1, 0.15) is 0 Å². The van der Waals surface area contributed by atoms with Gasteiger partial charge < -0.3 is 10.6 Å². The number of rotatable bonds is 5. The summed E-state index contributed by atoms with van der Waals surface area (Å²) in [6.45, 7) is 2.87. The highest BCUT2D eigenvalue weighted by Gasteiger charge is 2.14. The third-order valence-corrected chi connectivity index (χ3v) is 4.95. The summed E-state index contributed by atoms with van der Waals surface area (Å²) in [5.74, 6) is 0.908. The minimum Gasteiger partial charge on any atom is -0.351 e. The van der Waals surface area contributed by atoms with E-state index in [4.69, 9.17) is 0 Å². The van der Waals surface area contributed by atoms with E-state index in [1.165, 1.54) is 17.7 Å². The van der Waals surface area contributed by atoms with Crippen LogP contribution in [0.2, 0.25) is 0 Å². The SMILES string of the molecule is O=C(CCC1CCNCC1)NCc1ccc(Br)s1. The number of nitrogens with one attached hydrogen (secondary N) is 2. The van der Waals surface area contributed by atoms with E-state index in [9.17, 15) is 4.79 Å². The van der Waals surface area contributed by atoms with E-state index in [0.717, 1.165) is 29.2 Å². The smallest absolute Gasteiger partial charge is 0.220 e. The van der Waals surface area contributed by atoms with Crippen molar-refractivity contribution in [3.8, 4) is 0 Å². The van der Waals surface area contributed by atoms with Crippen LogP contribution in [0.25, 0.3) is 0 Å². The van der Waals surface area contributed by atoms with Gasteiger partial charge in [0.2, 0.25) is 5.91 Å². The van der Waals surface area contributed by atoms with Gasteiger partial charge in [-0.05, 0) is 66.3 Å². The fourth-order valence-electron chi connectivity index (χ4n) is 2.23. The van der Waals surface area contributed by atoms with E-state index < -0.39 is 0 Å². The molecular formula is C13H19BrN2OS. The van der Waals surface area contributed by atoms with Gasteiger partial charge in [0.05, 0.1) is 10.3 Å². The number of carbonyl (C=O) groups is 1. The number of halogens is 1. The van der Waals surface area contributed by atoms with E-state index in [-0.39, 0.29) is 5.91 Å². The first-order valence-electron chi connectivity index (χ1n) is 6.45. The Morgan fingerprint density at radius 2 is 2.22 bits per heavy atom. The Labute approximate surface area is 120 Å². The van der Waals surface area contributed by atoms with Crippen LogP contribution in [-0.4, -0.2) is 19.0 Å². The van der Waals surface area contributed by atoms with Crippen molar-refractivity contribution in [2.45, 2.75) is 32.2 Å². The largest absolute Gasteiger partial charge is 0.351 e. The van der Waals surface area contributed by atoms with Gasteiger partial charge >= 0.3 is 0 Å². The molecule has 1 aliphatic rings. The molecule has 1 aromatic heterocycles. The first-order valence-corrected chi connectivity index (χ1v) is 8.06. The lowest BCUT2D eigenvalue weighted by Gasteiger charge is -2.22. The number of hydrogen-bond donors (Lipinski definition) is 2. The molecule has 0 aliphatic carbocycles. The minimum atomic E-state index is 0.179. The van der Waals surface area contributed by atoms with Gasteiger partial charge in [-0.25, -0.2) is 0 Å². The molecule has 0 bridgehead atoms. The lowest BCUT2D eigenvalue weighted by atomic mass is 9.93. The summed E-state index contributed by atoms with van der Waals surface area (Å²) in [5, 5.41) is 6.33. The molecule has 2 N–H and O–H groups in total. The standard InChI is InChI=1S/C13H19BrN2OS/c14-12-3-2-11(18-12)9-16-13(17)4-1-10-5-7-15-8-6-10/h2-3,10,15H,1,4-9H2,(H,16,17). The van der Waals surface area contributed by atoms with Crippen LogP contribution in [0.15, 0.2) is 15.9 Å². The van der Waals surface area contributed by atoms with Crippen LogP contribution in [0.4, 0.5) is 0 Å². The fourth-order valence-corrected chi connectivity index (χ4v) is 3.65. The summed E-state index contributed by atoms with van der Waals surface area (Å²) < 4.78 is 1.11. The molecular weight excluding hydrogens is 312 g/mol. The highest BCUT2D eigenvalue weighted by atomic mass is 79.9. The molecule has 2 rings (SSSR count). The van der Waals surface area contributed by atoms with E-state index in [1.807, 2.05) is 12.1 Å². The average Bonchev–Trinajstić information content (AvgIpc) is 2.81. The summed E-state index contributed by atoms with van der Waals surface area (Å²) in [5.41, 5.74) is 0. The Bertz CT molecular complexity index is 388. The van der Waals surface area contributed by atoms with Gasteiger partial charge in [-0.3, -0.25) is 4.79 Å². The second-order valence-corrected chi connectivity index (χ2v) is 7.26. The molecule has 1 saturated heterocycles. The number of piperidine rings is 1. The van der Waals surface area contributed by atoms with Gasteiger partial charge in [0, 0.05) is 11.3 Å². The van der Waals surface area contributed by atoms with Crippen LogP contribution in [-0.2, 0) is 11.3 Å². The molecule has 5 heteroatoms. The molecule has 0 spiro atoms. The Morgan fingerprint density at radius 3 is 2.89 bits per heavy atom. The molecule has 0 aromatic carbocycles. The molecule has 0 atom stereocenters. The van der Waals surface area contributed by atoms with Gasteiger partial charge in [0.25, 0.3) is 0 Å². The zero-order valence-electron chi connectivity index (χ0n) is 10.4. The number of amides is 1.